The number of benzene rings is 1. The molecule has 0 saturated heterocycles. The summed E-state index contributed by atoms with van der Waals surface area (Å²) in [4.78, 5) is 16.2. The molecule has 0 unspecified atom stereocenters. The zero-order valence-electron chi connectivity index (χ0n) is 14.0. The zero-order chi connectivity index (χ0) is 17.6. The number of hydrogen-bond acceptors (Lipinski definition) is 4. The lowest BCUT2D eigenvalue weighted by atomic mass is 10.2. The van der Waals surface area contributed by atoms with Crippen LogP contribution < -0.4 is 15.4 Å². The number of aromatic amines is 1. The highest BCUT2D eigenvalue weighted by molar-refractivity contribution is 5.88. The van der Waals surface area contributed by atoms with Crippen molar-refractivity contribution >= 4 is 11.8 Å². The normalized spacial score (nSPS) is 10.3. The van der Waals surface area contributed by atoms with Crippen LogP contribution in [0.4, 0.5) is 10.6 Å². The largest absolute Gasteiger partial charge is 0.497 e. The molecular formula is C18H19N5O2. The predicted octanol–water partition coefficient (Wildman–Crippen LogP) is 3.11. The molecule has 3 rings (SSSR count). The van der Waals surface area contributed by atoms with E-state index < -0.39 is 0 Å². The molecule has 0 bridgehead atoms. The van der Waals surface area contributed by atoms with Gasteiger partial charge in [-0.15, -0.1) is 0 Å². The third-order valence-electron chi connectivity index (χ3n) is 3.61. The van der Waals surface area contributed by atoms with Gasteiger partial charge in [-0.05, 0) is 36.8 Å². The van der Waals surface area contributed by atoms with Gasteiger partial charge in [-0.2, -0.15) is 5.10 Å². The maximum Gasteiger partial charge on any atom is 0.320 e. The summed E-state index contributed by atoms with van der Waals surface area (Å²) in [6, 6.07) is 12.8. The molecule has 7 heteroatoms. The molecule has 0 radical (unpaired) electrons. The minimum absolute atomic E-state index is 0.327. The molecule has 2 aromatic heterocycles. The van der Waals surface area contributed by atoms with E-state index in [0.717, 1.165) is 28.3 Å². The van der Waals surface area contributed by atoms with Crippen molar-refractivity contribution in [3.05, 3.63) is 59.9 Å². The van der Waals surface area contributed by atoms with E-state index in [0.29, 0.717) is 12.4 Å². The average Bonchev–Trinajstić information content (AvgIpc) is 3.08. The number of carbonyl (C=O) groups excluding carboxylic acids is 1. The van der Waals surface area contributed by atoms with Crippen molar-refractivity contribution in [2.75, 3.05) is 12.4 Å². The number of amides is 2. The number of aromatic nitrogens is 3. The Kier molecular flexibility index (Phi) is 4.94. The number of urea groups is 1. The number of nitrogens with zero attached hydrogens (tertiary/aromatic N) is 2. The number of ether oxygens (including phenoxy) is 1. The lowest BCUT2D eigenvalue weighted by Gasteiger charge is -2.07. The smallest absolute Gasteiger partial charge is 0.320 e. The first kappa shape index (κ1) is 16.5. The molecule has 25 heavy (non-hydrogen) atoms. The number of anilines is 1. The van der Waals surface area contributed by atoms with E-state index in [9.17, 15) is 4.79 Å². The van der Waals surface area contributed by atoms with Gasteiger partial charge in [-0.25, -0.2) is 4.79 Å². The monoisotopic (exact) mass is 337 g/mol. The van der Waals surface area contributed by atoms with Crippen molar-refractivity contribution in [2.45, 2.75) is 13.5 Å². The lowest BCUT2D eigenvalue weighted by Crippen LogP contribution is -2.28. The minimum atomic E-state index is -0.327. The number of nitrogens with one attached hydrogen (secondary N) is 3. The number of pyridine rings is 1. The van der Waals surface area contributed by atoms with E-state index in [-0.39, 0.29) is 6.03 Å². The molecule has 128 valence electrons. The van der Waals surface area contributed by atoms with Gasteiger partial charge in [0.2, 0.25) is 0 Å². The van der Waals surface area contributed by atoms with Crippen LogP contribution in [-0.2, 0) is 6.54 Å². The Morgan fingerprint density at radius 3 is 2.92 bits per heavy atom. The third kappa shape index (κ3) is 4.35. The van der Waals surface area contributed by atoms with Crippen LogP contribution in [0.15, 0.2) is 48.7 Å². The van der Waals surface area contributed by atoms with Crippen LogP contribution >= 0.6 is 0 Å². The summed E-state index contributed by atoms with van der Waals surface area (Å²) in [5.74, 6) is 1.21. The second-order valence-corrected chi connectivity index (χ2v) is 5.51. The summed E-state index contributed by atoms with van der Waals surface area (Å²) in [5, 5.41) is 12.5. The van der Waals surface area contributed by atoms with Crippen LogP contribution in [0.3, 0.4) is 0 Å². The van der Waals surface area contributed by atoms with Gasteiger partial charge in [0.05, 0.1) is 12.8 Å². The van der Waals surface area contributed by atoms with E-state index in [1.54, 1.807) is 19.4 Å². The Morgan fingerprint density at radius 1 is 1.24 bits per heavy atom. The molecule has 0 aliphatic rings. The molecule has 2 heterocycles. The SMILES string of the molecule is COc1cccc(CNC(=O)Nc2cc(-c3ccnc(C)c3)[nH]n2)c1. The van der Waals surface area contributed by atoms with Gasteiger partial charge in [0, 0.05) is 30.1 Å². The van der Waals surface area contributed by atoms with Crippen LogP contribution in [-0.4, -0.2) is 28.3 Å². The molecule has 3 aromatic rings. The first-order valence-electron chi connectivity index (χ1n) is 7.80. The summed E-state index contributed by atoms with van der Waals surface area (Å²) >= 11 is 0. The van der Waals surface area contributed by atoms with Crippen LogP contribution in [0.5, 0.6) is 5.75 Å². The number of hydrogen-bond donors (Lipinski definition) is 3. The van der Waals surface area contributed by atoms with Crippen LogP contribution in [0, 0.1) is 6.92 Å². The number of rotatable bonds is 5. The standard InChI is InChI=1S/C18H19N5O2/c1-12-8-14(6-7-19-12)16-10-17(23-22-16)21-18(24)20-11-13-4-3-5-15(9-13)25-2/h3-10H,11H2,1-2H3,(H3,20,21,22,23,24). The maximum absolute atomic E-state index is 12.0. The number of methoxy groups -OCH3 is 1. The number of aryl methyl sites for hydroxylation is 1. The van der Waals surface area contributed by atoms with Gasteiger partial charge in [-0.3, -0.25) is 15.4 Å². The van der Waals surface area contributed by atoms with E-state index in [1.807, 2.05) is 43.3 Å². The summed E-state index contributed by atoms with van der Waals surface area (Å²) < 4.78 is 5.16. The molecule has 3 N–H and O–H groups in total. The Bertz CT molecular complexity index is 875. The molecule has 0 saturated carbocycles. The molecule has 0 aliphatic carbocycles. The first-order chi connectivity index (χ1) is 12.1. The van der Waals surface area contributed by atoms with E-state index >= 15 is 0 Å². The minimum Gasteiger partial charge on any atom is -0.497 e. The Hall–Kier alpha value is -3.35. The molecule has 1 aromatic carbocycles. The summed E-state index contributed by atoms with van der Waals surface area (Å²) in [5.41, 5.74) is 3.64. The van der Waals surface area contributed by atoms with Crippen LogP contribution in [0.25, 0.3) is 11.3 Å². The highest BCUT2D eigenvalue weighted by Crippen LogP contribution is 2.19. The molecule has 2 amide bonds. The van der Waals surface area contributed by atoms with E-state index in [1.165, 1.54) is 0 Å². The first-order valence-corrected chi connectivity index (χ1v) is 7.80. The van der Waals surface area contributed by atoms with Gasteiger partial charge in [0.25, 0.3) is 0 Å². The fourth-order valence-electron chi connectivity index (χ4n) is 2.37. The van der Waals surface area contributed by atoms with E-state index in [4.69, 9.17) is 4.74 Å². The zero-order valence-corrected chi connectivity index (χ0v) is 14.0. The highest BCUT2D eigenvalue weighted by atomic mass is 16.5. The van der Waals surface area contributed by atoms with Crippen molar-refractivity contribution < 1.29 is 9.53 Å². The van der Waals surface area contributed by atoms with Crippen molar-refractivity contribution in [3.63, 3.8) is 0 Å². The van der Waals surface area contributed by atoms with Gasteiger partial charge < -0.3 is 10.1 Å². The summed E-state index contributed by atoms with van der Waals surface area (Å²) in [6.45, 7) is 2.31. The second kappa shape index (κ2) is 7.48. The summed E-state index contributed by atoms with van der Waals surface area (Å²) in [6.07, 6.45) is 1.74. The lowest BCUT2D eigenvalue weighted by molar-refractivity contribution is 0.251. The topological polar surface area (TPSA) is 91.9 Å². The van der Waals surface area contributed by atoms with Gasteiger partial charge in [0.15, 0.2) is 5.82 Å². The maximum atomic E-state index is 12.0. The predicted molar refractivity (Wildman–Crippen MR) is 95.4 cm³/mol. The second-order valence-electron chi connectivity index (χ2n) is 5.51. The quantitative estimate of drug-likeness (QED) is 0.667. The van der Waals surface area contributed by atoms with Crippen molar-refractivity contribution in [1.82, 2.24) is 20.5 Å². The van der Waals surface area contributed by atoms with Crippen molar-refractivity contribution in [3.8, 4) is 17.0 Å². The van der Waals surface area contributed by atoms with Crippen molar-refractivity contribution in [2.24, 2.45) is 0 Å². The average molecular weight is 337 g/mol. The molecule has 0 aliphatic heterocycles. The fraction of sp³-hybridized carbons (Fsp3) is 0.167. The number of carbonyl (C=O) groups is 1. The van der Waals surface area contributed by atoms with Gasteiger partial charge >= 0.3 is 6.03 Å². The van der Waals surface area contributed by atoms with Crippen LogP contribution in [0.1, 0.15) is 11.3 Å². The highest BCUT2D eigenvalue weighted by Gasteiger charge is 2.07. The van der Waals surface area contributed by atoms with E-state index in [2.05, 4.69) is 25.8 Å². The Morgan fingerprint density at radius 2 is 2.12 bits per heavy atom. The molecule has 0 spiro atoms. The Labute approximate surface area is 145 Å². The summed E-state index contributed by atoms with van der Waals surface area (Å²) in [7, 11) is 1.61. The molecular weight excluding hydrogens is 318 g/mol. The van der Waals surface area contributed by atoms with Gasteiger partial charge in [-0.1, -0.05) is 12.1 Å². The molecule has 0 atom stereocenters. The third-order valence-corrected chi connectivity index (χ3v) is 3.61. The fourth-order valence-corrected chi connectivity index (χ4v) is 2.37. The number of H-pyrrole nitrogens is 1. The molecule has 0 fully saturated rings. The van der Waals surface area contributed by atoms with Crippen molar-refractivity contribution in [1.29, 1.82) is 0 Å². The van der Waals surface area contributed by atoms with Gasteiger partial charge in [0.1, 0.15) is 5.75 Å². The van der Waals surface area contributed by atoms with Crippen LogP contribution in [0.2, 0.25) is 0 Å². The molecule has 7 nitrogen and oxygen atoms in total. The Balaban J connectivity index is 1.58.